The third-order valence-corrected chi connectivity index (χ3v) is 3.84. The van der Waals surface area contributed by atoms with Gasteiger partial charge >= 0.3 is 0 Å². The van der Waals surface area contributed by atoms with Crippen molar-refractivity contribution < 1.29 is 4.79 Å². The van der Waals surface area contributed by atoms with Crippen molar-refractivity contribution >= 4 is 11.9 Å². The van der Waals surface area contributed by atoms with E-state index in [0.717, 1.165) is 31.5 Å². The van der Waals surface area contributed by atoms with Crippen LogP contribution < -0.4 is 16.0 Å². The Morgan fingerprint density at radius 2 is 1.54 bits per heavy atom. The van der Waals surface area contributed by atoms with E-state index < -0.39 is 0 Å². The molecule has 0 aliphatic carbocycles. The Kier molecular flexibility index (Phi) is 8.77. The molecular weight excluding hydrogens is 324 g/mol. The van der Waals surface area contributed by atoms with Crippen LogP contribution in [-0.2, 0) is 17.8 Å². The predicted molar refractivity (Wildman–Crippen MR) is 107 cm³/mol. The van der Waals surface area contributed by atoms with Crippen LogP contribution in [0.15, 0.2) is 65.7 Å². The average molecular weight is 352 g/mol. The van der Waals surface area contributed by atoms with Crippen LogP contribution >= 0.6 is 0 Å². The van der Waals surface area contributed by atoms with Gasteiger partial charge in [0.1, 0.15) is 6.54 Å². The molecule has 1 amide bonds. The lowest BCUT2D eigenvalue weighted by Gasteiger charge is -2.11. The Bertz CT molecular complexity index is 671. The number of hydrogen-bond acceptors (Lipinski definition) is 2. The number of carbonyl (C=O) groups excluding carboxylic acids is 1. The highest BCUT2D eigenvalue weighted by molar-refractivity contribution is 5.84. The number of nitrogens with one attached hydrogen (secondary N) is 3. The summed E-state index contributed by atoms with van der Waals surface area (Å²) in [4.78, 5) is 16.3. The fourth-order valence-electron chi connectivity index (χ4n) is 2.49. The maximum absolute atomic E-state index is 12.0. The molecule has 0 unspecified atom stereocenters. The lowest BCUT2D eigenvalue weighted by molar-refractivity contribution is -0.119. The first kappa shape index (κ1) is 19.5. The molecule has 2 aromatic rings. The number of carbonyl (C=O) groups is 1. The van der Waals surface area contributed by atoms with Crippen molar-refractivity contribution in [3.8, 4) is 0 Å². The van der Waals surface area contributed by atoms with E-state index in [1.54, 1.807) is 0 Å². The van der Waals surface area contributed by atoms with Gasteiger partial charge < -0.3 is 16.0 Å². The largest absolute Gasteiger partial charge is 0.357 e. The van der Waals surface area contributed by atoms with Crippen molar-refractivity contribution in [2.45, 2.75) is 26.3 Å². The van der Waals surface area contributed by atoms with Crippen LogP contribution in [0.1, 0.15) is 24.5 Å². The van der Waals surface area contributed by atoms with Gasteiger partial charge in [0, 0.05) is 19.6 Å². The van der Waals surface area contributed by atoms with E-state index in [4.69, 9.17) is 0 Å². The Balaban J connectivity index is 1.70. The lowest BCUT2D eigenvalue weighted by atomic mass is 10.1. The molecule has 26 heavy (non-hydrogen) atoms. The summed E-state index contributed by atoms with van der Waals surface area (Å²) in [6.07, 6.45) is 2.03. The van der Waals surface area contributed by atoms with Gasteiger partial charge in [-0.1, -0.05) is 60.7 Å². The van der Waals surface area contributed by atoms with E-state index in [9.17, 15) is 4.79 Å². The van der Waals surface area contributed by atoms with Crippen LogP contribution in [0.5, 0.6) is 0 Å². The summed E-state index contributed by atoms with van der Waals surface area (Å²) in [5.41, 5.74) is 2.41. The molecule has 0 fully saturated rings. The molecule has 0 aliphatic heterocycles. The van der Waals surface area contributed by atoms with E-state index in [-0.39, 0.29) is 12.5 Å². The SMILES string of the molecule is CCNC(=NCC(=O)NCc1ccccc1)NCCCc1ccccc1. The standard InChI is InChI=1S/C21H28N4O/c1-2-22-21(23-15-9-14-18-10-5-3-6-11-18)25-17-20(26)24-16-19-12-7-4-8-13-19/h3-8,10-13H,2,9,14-17H2,1H3,(H,24,26)(H2,22,23,25). The minimum absolute atomic E-state index is 0.0876. The molecule has 0 radical (unpaired) electrons. The Hall–Kier alpha value is -2.82. The van der Waals surface area contributed by atoms with Crippen molar-refractivity contribution in [1.29, 1.82) is 0 Å². The molecule has 0 saturated carbocycles. The topological polar surface area (TPSA) is 65.5 Å². The van der Waals surface area contributed by atoms with Gasteiger partial charge in [-0.2, -0.15) is 0 Å². The molecule has 5 nitrogen and oxygen atoms in total. The number of amides is 1. The summed E-state index contributed by atoms with van der Waals surface area (Å²) in [5, 5.41) is 9.33. The first-order valence-corrected chi connectivity index (χ1v) is 9.14. The van der Waals surface area contributed by atoms with Crippen LogP contribution in [0.3, 0.4) is 0 Å². The minimum Gasteiger partial charge on any atom is -0.357 e. The van der Waals surface area contributed by atoms with Crippen molar-refractivity contribution in [3.05, 3.63) is 71.8 Å². The summed E-state index contributed by atoms with van der Waals surface area (Å²) in [7, 11) is 0. The normalized spacial score (nSPS) is 11.0. The number of aliphatic imine (C=N–C) groups is 1. The average Bonchev–Trinajstić information content (AvgIpc) is 2.69. The second kappa shape index (κ2) is 11.7. The fraction of sp³-hybridized carbons (Fsp3) is 0.333. The molecule has 0 saturated heterocycles. The number of rotatable bonds is 9. The molecule has 0 heterocycles. The first-order valence-electron chi connectivity index (χ1n) is 9.14. The van der Waals surface area contributed by atoms with Gasteiger partial charge in [-0.05, 0) is 30.9 Å². The third kappa shape index (κ3) is 7.83. The van der Waals surface area contributed by atoms with E-state index >= 15 is 0 Å². The van der Waals surface area contributed by atoms with Crippen LogP contribution in [0.4, 0.5) is 0 Å². The molecule has 0 spiro atoms. The zero-order valence-corrected chi connectivity index (χ0v) is 15.4. The van der Waals surface area contributed by atoms with Crippen molar-refractivity contribution in [1.82, 2.24) is 16.0 Å². The van der Waals surface area contributed by atoms with Crippen LogP contribution in [0, 0.1) is 0 Å². The van der Waals surface area contributed by atoms with Gasteiger partial charge in [-0.3, -0.25) is 4.79 Å². The summed E-state index contributed by atoms with van der Waals surface area (Å²) in [5.74, 6) is 0.589. The maximum Gasteiger partial charge on any atom is 0.242 e. The van der Waals surface area contributed by atoms with E-state index in [2.05, 4.69) is 45.2 Å². The van der Waals surface area contributed by atoms with E-state index in [1.807, 2.05) is 43.3 Å². The van der Waals surface area contributed by atoms with Crippen LogP contribution in [-0.4, -0.2) is 31.5 Å². The van der Waals surface area contributed by atoms with Crippen molar-refractivity contribution in [3.63, 3.8) is 0 Å². The fourth-order valence-corrected chi connectivity index (χ4v) is 2.49. The van der Waals surface area contributed by atoms with Gasteiger partial charge in [-0.15, -0.1) is 0 Å². The summed E-state index contributed by atoms with van der Waals surface area (Å²) >= 11 is 0. The second-order valence-electron chi connectivity index (χ2n) is 5.97. The Morgan fingerprint density at radius 3 is 2.19 bits per heavy atom. The first-order chi connectivity index (χ1) is 12.8. The highest BCUT2D eigenvalue weighted by Crippen LogP contribution is 2.01. The molecule has 138 valence electrons. The molecule has 2 aromatic carbocycles. The van der Waals surface area contributed by atoms with Crippen LogP contribution in [0.2, 0.25) is 0 Å². The third-order valence-electron chi connectivity index (χ3n) is 3.84. The van der Waals surface area contributed by atoms with Gasteiger partial charge in [0.15, 0.2) is 5.96 Å². The van der Waals surface area contributed by atoms with Crippen molar-refractivity contribution in [2.24, 2.45) is 4.99 Å². The number of nitrogens with zero attached hydrogens (tertiary/aromatic N) is 1. The highest BCUT2D eigenvalue weighted by atomic mass is 16.1. The minimum atomic E-state index is -0.0876. The predicted octanol–water partition coefficient (Wildman–Crippen LogP) is 2.49. The summed E-state index contributed by atoms with van der Waals surface area (Å²) in [6.45, 7) is 4.22. The summed E-state index contributed by atoms with van der Waals surface area (Å²) in [6, 6.07) is 20.3. The number of guanidine groups is 1. The Morgan fingerprint density at radius 1 is 0.885 bits per heavy atom. The second-order valence-corrected chi connectivity index (χ2v) is 5.97. The quantitative estimate of drug-likeness (QED) is 0.369. The number of hydrogen-bond donors (Lipinski definition) is 3. The molecule has 5 heteroatoms. The molecule has 0 bridgehead atoms. The molecule has 3 N–H and O–H groups in total. The van der Waals surface area contributed by atoms with Crippen LogP contribution in [0.25, 0.3) is 0 Å². The lowest BCUT2D eigenvalue weighted by Crippen LogP contribution is -2.39. The van der Waals surface area contributed by atoms with Crippen molar-refractivity contribution in [2.75, 3.05) is 19.6 Å². The van der Waals surface area contributed by atoms with Gasteiger partial charge in [0.25, 0.3) is 0 Å². The van der Waals surface area contributed by atoms with E-state index in [0.29, 0.717) is 12.5 Å². The highest BCUT2D eigenvalue weighted by Gasteiger charge is 2.02. The smallest absolute Gasteiger partial charge is 0.242 e. The van der Waals surface area contributed by atoms with E-state index in [1.165, 1.54) is 5.56 Å². The summed E-state index contributed by atoms with van der Waals surface area (Å²) < 4.78 is 0. The van der Waals surface area contributed by atoms with Gasteiger partial charge in [-0.25, -0.2) is 4.99 Å². The zero-order valence-electron chi connectivity index (χ0n) is 15.4. The molecule has 0 aliphatic rings. The molecule has 0 atom stereocenters. The zero-order chi connectivity index (χ0) is 18.5. The number of benzene rings is 2. The van der Waals surface area contributed by atoms with Gasteiger partial charge in [0.05, 0.1) is 0 Å². The number of aryl methyl sites for hydroxylation is 1. The maximum atomic E-state index is 12.0. The monoisotopic (exact) mass is 352 g/mol. The molecule has 2 rings (SSSR count). The molecule has 0 aromatic heterocycles. The van der Waals surface area contributed by atoms with Gasteiger partial charge in [0.2, 0.25) is 5.91 Å². The molecular formula is C21H28N4O. The Labute approximate surface area is 155 Å².